The van der Waals surface area contributed by atoms with Crippen molar-refractivity contribution in [2.45, 2.75) is 32.9 Å². The molecule has 0 atom stereocenters. The minimum absolute atomic E-state index is 0.528. The Kier molecular flexibility index (Phi) is 1.37. The molecule has 0 amide bonds. The average Bonchev–Trinajstić information content (AvgIpc) is 1.57. The zero-order valence-electron chi connectivity index (χ0n) is 5.37. The molecule has 0 aromatic carbocycles. The number of allylic oxidation sites excluding steroid dienone is 2. The maximum Gasteiger partial charge on any atom is 0.108 e. The third-order valence-electron chi connectivity index (χ3n) is 1.64. The quantitative estimate of drug-likeness (QED) is 0.424. The van der Waals surface area contributed by atoms with Crippen LogP contribution in [-0.2, 0) is 0 Å². The van der Waals surface area contributed by atoms with Gasteiger partial charge in [0.05, 0.1) is 0 Å². The van der Waals surface area contributed by atoms with E-state index < -0.39 is 6.17 Å². The molecule has 1 fully saturated rings. The predicted octanol–water partition coefficient (Wildman–Crippen LogP) is 2.45. The summed E-state index contributed by atoms with van der Waals surface area (Å²) >= 11 is 0. The van der Waals surface area contributed by atoms with Crippen molar-refractivity contribution < 1.29 is 4.39 Å². The Bertz CT molecular complexity index is 112. The molecule has 0 spiro atoms. The van der Waals surface area contributed by atoms with E-state index in [1.165, 1.54) is 11.1 Å². The van der Waals surface area contributed by atoms with E-state index in [4.69, 9.17) is 0 Å². The van der Waals surface area contributed by atoms with Gasteiger partial charge < -0.3 is 0 Å². The van der Waals surface area contributed by atoms with Crippen molar-refractivity contribution in [3.63, 3.8) is 0 Å². The maximum absolute atomic E-state index is 12.1. The van der Waals surface area contributed by atoms with Crippen molar-refractivity contribution in [2.24, 2.45) is 0 Å². The Balaban J connectivity index is 2.45. The average molecular weight is 114 g/mol. The molecule has 0 aliphatic heterocycles. The summed E-state index contributed by atoms with van der Waals surface area (Å²) in [5.41, 5.74) is 2.62. The molecule has 0 aromatic rings. The van der Waals surface area contributed by atoms with Crippen molar-refractivity contribution in [1.82, 2.24) is 0 Å². The van der Waals surface area contributed by atoms with Crippen molar-refractivity contribution in [3.05, 3.63) is 11.1 Å². The van der Waals surface area contributed by atoms with Crippen LogP contribution >= 0.6 is 0 Å². The number of halogens is 1. The van der Waals surface area contributed by atoms with Crippen LogP contribution in [0.25, 0.3) is 0 Å². The van der Waals surface area contributed by atoms with Crippen LogP contribution in [0.2, 0.25) is 0 Å². The van der Waals surface area contributed by atoms with Gasteiger partial charge in [-0.1, -0.05) is 11.1 Å². The number of hydrogen-bond donors (Lipinski definition) is 0. The minimum atomic E-state index is -0.528. The van der Waals surface area contributed by atoms with Crippen molar-refractivity contribution in [2.75, 3.05) is 0 Å². The molecule has 0 bridgehead atoms. The molecule has 0 unspecified atom stereocenters. The fourth-order valence-corrected chi connectivity index (χ4v) is 0.883. The first kappa shape index (κ1) is 5.80. The molecule has 0 saturated heterocycles. The molecule has 0 heterocycles. The molecule has 1 heteroatoms. The summed E-state index contributed by atoms with van der Waals surface area (Å²) < 4.78 is 12.1. The van der Waals surface area contributed by atoms with Gasteiger partial charge in [-0.15, -0.1) is 0 Å². The van der Waals surface area contributed by atoms with E-state index in [0.717, 1.165) is 0 Å². The van der Waals surface area contributed by atoms with Gasteiger partial charge in [-0.3, -0.25) is 0 Å². The molecular formula is C7H11F. The molecule has 0 N–H and O–H groups in total. The highest BCUT2D eigenvalue weighted by Gasteiger charge is 2.22. The lowest BCUT2D eigenvalue weighted by atomic mass is 9.87. The van der Waals surface area contributed by atoms with E-state index >= 15 is 0 Å². The topological polar surface area (TPSA) is 0 Å². The second kappa shape index (κ2) is 1.88. The molecule has 0 aromatic heterocycles. The lowest BCUT2D eigenvalue weighted by Gasteiger charge is -2.23. The normalized spacial score (nSPS) is 27.4. The van der Waals surface area contributed by atoms with Gasteiger partial charge in [0, 0.05) is 12.8 Å². The molecule has 1 aliphatic carbocycles. The van der Waals surface area contributed by atoms with Crippen LogP contribution in [0.1, 0.15) is 26.7 Å². The maximum atomic E-state index is 12.1. The van der Waals surface area contributed by atoms with E-state index in [2.05, 4.69) is 0 Å². The highest BCUT2D eigenvalue weighted by Crippen LogP contribution is 2.31. The predicted molar refractivity (Wildman–Crippen MR) is 32.5 cm³/mol. The van der Waals surface area contributed by atoms with Crippen LogP contribution < -0.4 is 0 Å². The highest BCUT2D eigenvalue weighted by molar-refractivity contribution is 5.19. The molecule has 0 nitrogen and oxygen atoms in total. The number of hydrogen-bond acceptors (Lipinski definition) is 0. The first-order valence-electron chi connectivity index (χ1n) is 2.99. The number of alkyl halides is 1. The van der Waals surface area contributed by atoms with Crippen LogP contribution in [0.4, 0.5) is 4.39 Å². The van der Waals surface area contributed by atoms with Crippen molar-refractivity contribution >= 4 is 0 Å². The summed E-state index contributed by atoms with van der Waals surface area (Å²) in [6, 6.07) is 0. The summed E-state index contributed by atoms with van der Waals surface area (Å²) in [6.45, 7) is 4.09. The fraction of sp³-hybridized carbons (Fsp3) is 0.714. The largest absolute Gasteiger partial charge is 0.247 e. The Hall–Kier alpha value is -0.330. The van der Waals surface area contributed by atoms with Crippen molar-refractivity contribution in [3.8, 4) is 0 Å². The lowest BCUT2D eigenvalue weighted by Crippen LogP contribution is -2.15. The SMILES string of the molecule is CC(C)=C1CC(F)C1. The van der Waals surface area contributed by atoms with Crippen LogP contribution in [0.5, 0.6) is 0 Å². The third kappa shape index (κ3) is 0.908. The first-order chi connectivity index (χ1) is 3.70. The van der Waals surface area contributed by atoms with Gasteiger partial charge >= 0.3 is 0 Å². The Labute approximate surface area is 49.4 Å². The van der Waals surface area contributed by atoms with Crippen LogP contribution in [-0.4, -0.2) is 6.17 Å². The van der Waals surface area contributed by atoms with Gasteiger partial charge in [0.1, 0.15) is 6.17 Å². The molecule has 1 saturated carbocycles. The monoisotopic (exact) mass is 114 g/mol. The molecule has 46 valence electrons. The van der Waals surface area contributed by atoms with E-state index in [1.807, 2.05) is 13.8 Å². The number of rotatable bonds is 0. The molecule has 0 radical (unpaired) electrons. The van der Waals surface area contributed by atoms with E-state index in [9.17, 15) is 4.39 Å². The van der Waals surface area contributed by atoms with Crippen molar-refractivity contribution in [1.29, 1.82) is 0 Å². The van der Waals surface area contributed by atoms with E-state index in [1.54, 1.807) is 0 Å². The van der Waals surface area contributed by atoms with E-state index in [0.29, 0.717) is 12.8 Å². The smallest absolute Gasteiger partial charge is 0.108 e. The minimum Gasteiger partial charge on any atom is -0.247 e. The molecular weight excluding hydrogens is 103 g/mol. The van der Waals surface area contributed by atoms with Crippen LogP contribution in [0.3, 0.4) is 0 Å². The van der Waals surface area contributed by atoms with Gasteiger partial charge in [-0.05, 0) is 13.8 Å². The standard InChI is InChI=1S/C7H11F/c1-5(2)6-3-7(8)4-6/h7H,3-4H2,1-2H3. The Morgan fingerprint density at radius 1 is 1.50 bits per heavy atom. The van der Waals surface area contributed by atoms with Crippen LogP contribution in [0, 0.1) is 0 Å². The first-order valence-corrected chi connectivity index (χ1v) is 2.99. The second-order valence-corrected chi connectivity index (χ2v) is 2.61. The molecule has 1 aliphatic rings. The van der Waals surface area contributed by atoms with E-state index in [-0.39, 0.29) is 0 Å². The fourth-order valence-electron chi connectivity index (χ4n) is 0.883. The third-order valence-corrected chi connectivity index (χ3v) is 1.64. The van der Waals surface area contributed by atoms with Gasteiger partial charge in [-0.25, -0.2) is 4.39 Å². The lowest BCUT2D eigenvalue weighted by molar-refractivity contribution is 0.270. The summed E-state index contributed by atoms with van der Waals surface area (Å²) in [5, 5.41) is 0. The summed E-state index contributed by atoms with van der Waals surface area (Å²) in [7, 11) is 0. The Morgan fingerprint density at radius 3 is 2.12 bits per heavy atom. The Morgan fingerprint density at radius 2 is 2.00 bits per heavy atom. The zero-order chi connectivity index (χ0) is 6.15. The van der Waals surface area contributed by atoms with Crippen LogP contribution in [0.15, 0.2) is 11.1 Å². The summed E-state index contributed by atoms with van der Waals surface area (Å²) in [5.74, 6) is 0. The van der Waals surface area contributed by atoms with Gasteiger partial charge in [0.2, 0.25) is 0 Å². The van der Waals surface area contributed by atoms with Gasteiger partial charge in [-0.2, -0.15) is 0 Å². The zero-order valence-corrected chi connectivity index (χ0v) is 5.37. The second-order valence-electron chi connectivity index (χ2n) is 2.61. The van der Waals surface area contributed by atoms with Gasteiger partial charge in [0.25, 0.3) is 0 Å². The molecule has 1 rings (SSSR count). The highest BCUT2D eigenvalue weighted by atomic mass is 19.1. The summed E-state index contributed by atoms with van der Waals surface area (Å²) in [4.78, 5) is 0. The summed E-state index contributed by atoms with van der Waals surface area (Å²) in [6.07, 6.45) is 0.866. The van der Waals surface area contributed by atoms with Gasteiger partial charge in [0.15, 0.2) is 0 Å². The molecule has 8 heavy (non-hydrogen) atoms.